The number of likely N-dealkylation sites (tertiary alicyclic amines) is 1. The van der Waals surface area contributed by atoms with Crippen LogP contribution in [0, 0.1) is 19.8 Å². The molecule has 2 atom stereocenters. The lowest BCUT2D eigenvalue weighted by Gasteiger charge is -2.38. The van der Waals surface area contributed by atoms with Gasteiger partial charge >= 0.3 is 0 Å². The Hall–Kier alpha value is -0.710. The van der Waals surface area contributed by atoms with Crippen LogP contribution in [-0.2, 0) is 6.42 Å². The quantitative estimate of drug-likeness (QED) is 0.302. The highest BCUT2D eigenvalue weighted by atomic mass is 127. The van der Waals surface area contributed by atoms with Crippen molar-refractivity contribution < 1.29 is 0 Å². The molecule has 2 aromatic rings. The summed E-state index contributed by atoms with van der Waals surface area (Å²) in [5.74, 6) is 1.50. The van der Waals surface area contributed by atoms with Gasteiger partial charge in [0.05, 0.1) is 10.7 Å². The molecular formula is C21H34IN5S2. The number of aromatic nitrogens is 1. The van der Waals surface area contributed by atoms with Crippen LogP contribution >= 0.6 is 46.7 Å². The zero-order valence-corrected chi connectivity index (χ0v) is 21.9. The maximum absolute atomic E-state index is 4.95. The van der Waals surface area contributed by atoms with Crippen molar-refractivity contribution in [3.63, 3.8) is 0 Å². The molecule has 2 aromatic heterocycles. The van der Waals surface area contributed by atoms with Gasteiger partial charge in [-0.15, -0.1) is 46.7 Å². The van der Waals surface area contributed by atoms with Gasteiger partial charge in [0.1, 0.15) is 0 Å². The first kappa shape index (κ1) is 24.6. The number of thiazole rings is 1. The summed E-state index contributed by atoms with van der Waals surface area (Å²) in [6.45, 7) is 10.1. The SMILES string of the molecule is CCNC(=NCC1CCCN(C)C1c1cccs1)NCCc1sc(C)nc1C.I. The van der Waals surface area contributed by atoms with E-state index in [1.54, 1.807) is 11.3 Å². The van der Waals surface area contributed by atoms with E-state index in [2.05, 4.69) is 65.8 Å². The third kappa shape index (κ3) is 6.90. The molecule has 0 spiro atoms. The van der Waals surface area contributed by atoms with Gasteiger partial charge in [-0.2, -0.15) is 0 Å². The summed E-state index contributed by atoms with van der Waals surface area (Å²) in [4.78, 5) is 14.8. The minimum absolute atomic E-state index is 0. The average molecular weight is 548 g/mol. The van der Waals surface area contributed by atoms with Crippen molar-refractivity contribution in [2.75, 3.05) is 33.2 Å². The molecule has 29 heavy (non-hydrogen) atoms. The molecule has 1 aliphatic heterocycles. The van der Waals surface area contributed by atoms with Gasteiger partial charge < -0.3 is 10.6 Å². The molecule has 1 aliphatic rings. The number of hydrogen-bond donors (Lipinski definition) is 2. The Morgan fingerprint density at radius 2 is 2.17 bits per heavy atom. The largest absolute Gasteiger partial charge is 0.357 e. The molecule has 2 unspecified atom stereocenters. The Bertz CT molecular complexity index is 759. The van der Waals surface area contributed by atoms with Crippen molar-refractivity contribution in [2.24, 2.45) is 10.9 Å². The molecule has 1 saturated heterocycles. The highest BCUT2D eigenvalue weighted by Crippen LogP contribution is 2.37. The number of nitrogens with zero attached hydrogens (tertiary/aromatic N) is 3. The number of piperidine rings is 1. The van der Waals surface area contributed by atoms with Crippen molar-refractivity contribution in [2.45, 2.75) is 46.1 Å². The van der Waals surface area contributed by atoms with Gasteiger partial charge in [-0.3, -0.25) is 9.89 Å². The molecule has 0 bridgehead atoms. The van der Waals surface area contributed by atoms with E-state index in [0.29, 0.717) is 12.0 Å². The summed E-state index contributed by atoms with van der Waals surface area (Å²) in [5.41, 5.74) is 1.16. The van der Waals surface area contributed by atoms with Gasteiger partial charge in [0.2, 0.25) is 0 Å². The molecule has 3 rings (SSSR count). The van der Waals surface area contributed by atoms with E-state index in [9.17, 15) is 0 Å². The number of rotatable bonds is 7. The van der Waals surface area contributed by atoms with Crippen LogP contribution < -0.4 is 10.6 Å². The highest BCUT2D eigenvalue weighted by Gasteiger charge is 2.31. The highest BCUT2D eigenvalue weighted by molar-refractivity contribution is 14.0. The first-order valence-corrected chi connectivity index (χ1v) is 12.0. The van der Waals surface area contributed by atoms with Crippen molar-refractivity contribution in [1.29, 1.82) is 0 Å². The van der Waals surface area contributed by atoms with Crippen LogP contribution in [0.2, 0.25) is 0 Å². The average Bonchev–Trinajstić information content (AvgIpc) is 3.29. The smallest absolute Gasteiger partial charge is 0.191 e. The van der Waals surface area contributed by atoms with Crippen LogP contribution in [0.3, 0.4) is 0 Å². The summed E-state index contributed by atoms with van der Waals surface area (Å²) in [7, 11) is 2.25. The summed E-state index contributed by atoms with van der Waals surface area (Å²) in [6, 6.07) is 4.93. The summed E-state index contributed by atoms with van der Waals surface area (Å²) < 4.78 is 0. The second kappa shape index (κ2) is 12.2. The Labute approximate surface area is 200 Å². The number of aliphatic imine (C=N–C) groups is 1. The van der Waals surface area contributed by atoms with E-state index >= 15 is 0 Å². The number of guanidine groups is 1. The van der Waals surface area contributed by atoms with Crippen molar-refractivity contribution in [3.8, 4) is 0 Å². The number of hydrogen-bond acceptors (Lipinski definition) is 5. The molecule has 2 N–H and O–H groups in total. The van der Waals surface area contributed by atoms with Crippen LogP contribution in [0.1, 0.15) is 46.3 Å². The number of aryl methyl sites for hydroxylation is 2. The fraction of sp³-hybridized carbons (Fsp3) is 0.619. The minimum Gasteiger partial charge on any atom is -0.357 e. The predicted octanol–water partition coefficient (Wildman–Crippen LogP) is 4.62. The monoisotopic (exact) mass is 547 g/mol. The van der Waals surface area contributed by atoms with Crippen LogP contribution in [0.15, 0.2) is 22.5 Å². The Morgan fingerprint density at radius 3 is 2.83 bits per heavy atom. The third-order valence-electron chi connectivity index (χ3n) is 5.31. The molecule has 1 fully saturated rings. The molecule has 0 radical (unpaired) electrons. The zero-order valence-electron chi connectivity index (χ0n) is 17.9. The summed E-state index contributed by atoms with van der Waals surface area (Å²) >= 11 is 3.67. The summed E-state index contributed by atoms with van der Waals surface area (Å²) in [6.07, 6.45) is 3.49. The van der Waals surface area contributed by atoms with E-state index in [1.165, 1.54) is 29.1 Å². The van der Waals surface area contributed by atoms with Gasteiger partial charge in [0.15, 0.2) is 5.96 Å². The standard InChI is InChI=1S/C21H33N5S2.HI/c1-5-22-21(23-11-10-18-15(2)25-16(3)28-18)24-14-17-8-6-12-26(4)20(17)19-9-7-13-27-19;/h7,9,13,17,20H,5-6,8,10-12,14H2,1-4H3,(H2,22,23,24);1H. The fourth-order valence-corrected chi connectivity index (χ4v) is 5.93. The topological polar surface area (TPSA) is 52.6 Å². The van der Waals surface area contributed by atoms with E-state index in [4.69, 9.17) is 4.99 Å². The van der Waals surface area contributed by atoms with E-state index in [1.807, 2.05) is 11.3 Å². The lowest BCUT2D eigenvalue weighted by atomic mass is 9.88. The Balaban J connectivity index is 0.00000300. The lowest BCUT2D eigenvalue weighted by molar-refractivity contribution is 0.128. The normalized spacial score (nSPS) is 20.3. The first-order chi connectivity index (χ1) is 13.6. The second-order valence-corrected chi connectivity index (χ2v) is 9.75. The maximum atomic E-state index is 4.95. The lowest BCUT2D eigenvalue weighted by Crippen LogP contribution is -2.40. The van der Waals surface area contributed by atoms with E-state index in [-0.39, 0.29) is 24.0 Å². The molecule has 3 heterocycles. The van der Waals surface area contributed by atoms with Gasteiger partial charge in [-0.1, -0.05) is 6.07 Å². The van der Waals surface area contributed by atoms with Gasteiger partial charge in [-0.25, -0.2) is 4.98 Å². The minimum atomic E-state index is 0. The Kier molecular flexibility index (Phi) is 10.3. The Morgan fingerprint density at radius 1 is 1.34 bits per heavy atom. The van der Waals surface area contributed by atoms with Gasteiger partial charge in [0, 0.05) is 41.9 Å². The molecular weight excluding hydrogens is 513 g/mol. The van der Waals surface area contributed by atoms with Crippen LogP contribution in [0.4, 0.5) is 0 Å². The van der Waals surface area contributed by atoms with Crippen molar-refractivity contribution in [3.05, 3.63) is 38.0 Å². The van der Waals surface area contributed by atoms with Crippen LogP contribution in [0.5, 0.6) is 0 Å². The molecule has 0 aliphatic carbocycles. The van der Waals surface area contributed by atoms with E-state index < -0.39 is 0 Å². The van der Waals surface area contributed by atoms with Gasteiger partial charge in [-0.05, 0) is 64.6 Å². The molecule has 8 heteroatoms. The number of nitrogens with one attached hydrogen (secondary N) is 2. The molecule has 0 amide bonds. The van der Waals surface area contributed by atoms with Gasteiger partial charge in [0.25, 0.3) is 0 Å². The van der Waals surface area contributed by atoms with Crippen molar-refractivity contribution in [1.82, 2.24) is 20.5 Å². The maximum Gasteiger partial charge on any atom is 0.191 e. The van der Waals surface area contributed by atoms with Crippen LogP contribution in [0.25, 0.3) is 0 Å². The predicted molar refractivity (Wildman–Crippen MR) is 137 cm³/mol. The number of halogens is 1. The van der Waals surface area contributed by atoms with Crippen LogP contribution in [-0.4, -0.2) is 49.1 Å². The van der Waals surface area contributed by atoms with E-state index in [0.717, 1.165) is 42.7 Å². The first-order valence-electron chi connectivity index (χ1n) is 10.3. The van der Waals surface area contributed by atoms with Crippen molar-refractivity contribution >= 4 is 52.6 Å². The number of thiophene rings is 1. The molecule has 162 valence electrons. The fourth-order valence-electron chi connectivity index (χ4n) is 4.01. The third-order valence-corrected chi connectivity index (χ3v) is 7.39. The second-order valence-electron chi connectivity index (χ2n) is 7.48. The molecule has 0 aromatic carbocycles. The zero-order chi connectivity index (χ0) is 19.9. The summed E-state index contributed by atoms with van der Waals surface area (Å²) in [5, 5.41) is 10.3. The molecule has 5 nitrogen and oxygen atoms in total. The molecule has 0 saturated carbocycles.